The van der Waals surface area contributed by atoms with E-state index in [-0.39, 0.29) is 41.6 Å². The highest BCUT2D eigenvalue weighted by molar-refractivity contribution is 7.99. The van der Waals surface area contributed by atoms with Crippen molar-refractivity contribution in [3.05, 3.63) is 29.8 Å². The maximum Gasteiger partial charge on any atom is 0.309 e. The third-order valence-corrected chi connectivity index (χ3v) is 8.22. The highest BCUT2D eigenvalue weighted by Crippen LogP contribution is 2.28. The Labute approximate surface area is 191 Å². The second kappa shape index (κ2) is 11.5. The molecule has 1 aliphatic heterocycles. The molecule has 0 unspecified atom stereocenters. The van der Waals surface area contributed by atoms with E-state index in [0.29, 0.717) is 17.9 Å². The molecule has 2 rings (SSSR count). The molecule has 31 heavy (non-hydrogen) atoms. The number of ketones is 1. The monoisotopic (exact) mass is 469 g/mol. The Morgan fingerprint density at radius 3 is 2.35 bits per heavy atom. The Balaban J connectivity index is 2.24. The Kier molecular flexibility index (Phi) is 9.58. The molecule has 0 saturated carbocycles. The largest absolute Gasteiger partial charge is 0.463 e. The average Bonchev–Trinajstić information content (AvgIpc) is 2.72. The van der Waals surface area contributed by atoms with E-state index < -0.39 is 22.0 Å². The Bertz CT molecular complexity index is 849. The average molecular weight is 470 g/mol. The number of hydrogen-bond donors (Lipinski definition) is 0. The number of carbonyl (C=O) groups is 2. The summed E-state index contributed by atoms with van der Waals surface area (Å²) >= 11 is 1.57. The van der Waals surface area contributed by atoms with Gasteiger partial charge in [-0.3, -0.25) is 9.59 Å². The first-order valence-corrected chi connectivity index (χ1v) is 13.6. The lowest BCUT2D eigenvalue weighted by atomic mass is 9.91. The van der Waals surface area contributed by atoms with Crippen LogP contribution in [0.15, 0.2) is 29.2 Å². The van der Waals surface area contributed by atoms with E-state index in [1.54, 1.807) is 37.7 Å². The number of esters is 1. The number of benzene rings is 1. The van der Waals surface area contributed by atoms with Gasteiger partial charge in [0.05, 0.1) is 23.0 Å². The van der Waals surface area contributed by atoms with Crippen molar-refractivity contribution in [3.8, 4) is 0 Å². The van der Waals surface area contributed by atoms with Gasteiger partial charge in [0.1, 0.15) is 0 Å². The van der Waals surface area contributed by atoms with Crippen LogP contribution >= 0.6 is 11.8 Å². The highest BCUT2D eigenvalue weighted by Gasteiger charge is 2.39. The standard InChI is InChI=1S/C23H35NO5S2/c1-6-18-7-9-20(10-8-18)31(27,28)24-11-12-30-15-21(24)22(25)14-19(13-16(2)3)23(26)29-17(4)5/h7-10,16-17,19,21H,6,11-15H2,1-5H3/t19-,21-/m0/s1. The van der Waals surface area contributed by atoms with E-state index in [0.717, 1.165) is 12.0 Å². The zero-order chi connectivity index (χ0) is 23.2. The third kappa shape index (κ3) is 7.05. The van der Waals surface area contributed by atoms with E-state index in [9.17, 15) is 18.0 Å². The SMILES string of the molecule is CCc1ccc(S(=O)(=O)N2CCSC[C@H]2C(=O)C[C@H](CC(C)C)C(=O)OC(C)C)cc1. The fourth-order valence-corrected chi connectivity index (χ4v) is 6.60. The topological polar surface area (TPSA) is 80.8 Å². The zero-order valence-electron chi connectivity index (χ0n) is 19.2. The summed E-state index contributed by atoms with van der Waals surface area (Å²) in [6, 6.07) is 6.07. The van der Waals surface area contributed by atoms with Gasteiger partial charge in [0, 0.05) is 24.5 Å². The van der Waals surface area contributed by atoms with Crippen LogP contribution in [0.3, 0.4) is 0 Å². The predicted molar refractivity (Wildman–Crippen MR) is 125 cm³/mol. The molecule has 174 valence electrons. The number of nitrogens with zero attached hydrogens (tertiary/aromatic N) is 1. The minimum atomic E-state index is -3.80. The van der Waals surface area contributed by atoms with Gasteiger partial charge in [-0.15, -0.1) is 0 Å². The van der Waals surface area contributed by atoms with Gasteiger partial charge >= 0.3 is 5.97 Å². The number of rotatable bonds is 10. The van der Waals surface area contributed by atoms with Crippen molar-refractivity contribution in [1.82, 2.24) is 4.31 Å². The number of hydrogen-bond acceptors (Lipinski definition) is 6. The van der Waals surface area contributed by atoms with Gasteiger partial charge in [0.25, 0.3) is 0 Å². The number of sulfonamides is 1. The molecular weight excluding hydrogens is 434 g/mol. The molecule has 0 N–H and O–H groups in total. The molecule has 0 bridgehead atoms. The smallest absolute Gasteiger partial charge is 0.309 e. The molecule has 1 aromatic carbocycles. The first kappa shape index (κ1) is 25.9. The minimum Gasteiger partial charge on any atom is -0.463 e. The van der Waals surface area contributed by atoms with Crippen LogP contribution in [0.5, 0.6) is 0 Å². The van der Waals surface area contributed by atoms with E-state index in [1.165, 1.54) is 4.31 Å². The van der Waals surface area contributed by atoms with Crippen molar-refractivity contribution in [2.24, 2.45) is 11.8 Å². The van der Waals surface area contributed by atoms with Crippen LogP contribution < -0.4 is 0 Å². The fourth-order valence-electron chi connectivity index (χ4n) is 3.70. The van der Waals surface area contributed by atoms with Gasteiger partial charge in [-0.25, -0.2) is 8.42 Å². The summed E-state index contributed by atoms with van der Waals surface area (Å²) in [5, 5.41) is 0. The Morgan fingerprint density at radius 2 is 1.81 bits per heavy atom. The van der Waals surface area contributed by atoms with Crippen LogP contribution in [0.25, 0.3) is 0 Å². The van der Waals surface area contributed by atoms with Crippen LogP contribution in [0.2, 0.25) is 0 Å². The first-order valence-electron chi connectivity index (χ1n) is 11.0. The molecular formula is C23H35NO5S2. The molecule has 0 spiro atoms. The van der Waals surface area contributed by atoms with Crippen molar-refractivity contribution in [2.45, 2.75) is 70.9 Å². The molecule has 1 fully saturated rings. The van der Waals surface area contributed by atoms with Crippen molar-refractivity contribution < 1.29 is 22.7 Å². The molecule has 8 heteroatoms. The van der Waals surface area contributed by atoms with Gasteiger partial charge in [0.2, 0.25) is 10.0 Å². The summed E-state index contributed by atoms with van der Waals surface area (Å²) in [6.45, 7) is 9.84. The van der Waals surface area contributed by atoms with E-state index in [4.69, 9.17) is 4.74 Å². The third-order valence-electron chi connectivity index (χ3n) is 5.28. The van der Waals surface area contributed by atoms with Crippen LogP contribution in [-0.4, -0.2) is 54.7 Å². The second-order valence-corrected chi connectivity index (χ2v) is 11.7. The van der Waals surface area contributed by atoms with E-state index in [1.807, 2.05) is 32.9 Å². The molecule has 0 radical (unpaired) electrons. The maximum atomic E-state index is 13.3. The Hall–Kier alpha value is -1.38. The maximum absolute atomic E-state index is 13.3. The number of carbonyl (C=O) groups excluding carboxylic acids is 2. The fraction of sp³-hybridized carbons (Fsp3) is 0.652. The van der Waals surface area contributed by atoms with Crippen molar-refractivity contribution in [3.63, 3.8) is 0 Å². The molecule has 0 aliphatic carbocycles. The summed E-state index contributed by atoms with van der Waals surface area (Å²) < 4.78 is 33.3. The van der Waals surface area contributed by atoms with Gasteiger partial charge in [-0.05, 0) is 50.3 Å². The van der Waals surface area contributed by atoms with Gasteiger partial charge in [0.15, 0.2) is 5.78 Å². The summed E-state index contributed by atoms with van der Waals surface area (Å²) in [5.41, 5.74) is 1.06. The Morgan fingerprint density at radius 1 is 1.16 bits per heavy atom. The first-order chi connectivity index (χ1) is 14.6. The molecule has 1 aromatic rings. The highest BCUT2D eigenvalue weighted by atomic mass is 32.2. The van der Waals surface area contributed by atoms with E-state index >= 15 is 0 Å². The molecule has 1 saturated heterocycles. The number of thioether (sulfide) groups is 1. The van der Waals surface area contributed by atoms with Crippen LogP contribution in [0, 0.1) is 11.8 Å². The zero-order valence-corrected chi connectivity index (χ0v) is 20.8. The lowest BCUT2D eigenvalue weighted by Gasteiger charge is -2.34. The summed E-state index contributed by atoms with van der Waals surface area (Å²) in [4.78, 5) is 26.0. The number of ether oxygens (including phenoxy) is 1. The second-order valence-electron chi connectivity index (χ2n) is 8.69. The molecule has 2 atom stereocenters. The van der Waals surface area contributed by atoms with Crippen molar-refractivity contribution in [2.75, 3.05) is 18.1 Å². The molecule has 1 heterocycles. The van der Waals surface area contributed by atoms with E-state index in [2.05, 4.69) is 0 Å². The summed E-state index contributed by atoms with van der Waals surface area (Å²) in [5.74, 6) is 0.0994. The van der Waals surface area contributed by atoms with Gasteiger partial charge < -0.3 is 4.74 Å². The summed E-state index contributed by atoms with van der Waals surface area (Å²) in [6.07, 6.45) is 1.09. The number of aryl methyl sites for hydroxylation is 1. The van der Waals surface area contributed by atoms with Crippen LogP contribution in [-0.2, 0) is 30.8 Å². The van der Waals surface area contributed by atoms with Crippen molar-refractivity contribution >= 4 is 33.5 Å². The van der Waals surface area contributed by atoms with Crippen LogP contribution in [0.4, 0.5) is 0 Å². The molecule has 0 amide bonds. The lowest BCUT2D eigenvalue weighted by Crippen LogP contribution is -2.50. The normalized spacial score (nSPS) is 18.9. The minimum absolute atomic E-state index is 0.00421. The molecule has 6 nitrogen and oxygen atoms in total. The van der Waals surface area contributed by atoms with Crippen molar-refractivity contribution in [1.29, 1.82) is 0 Å². The predicted octanol–water partition coefficient (Wildman–Crippen LogP) is 3.93. The van der Waals surface area contributed by atoms with Crippen LogP contribution in [0.1, 0.15) is 53.0 Å². The van der Waals surface area contributed by atoms with Gasteiger partial charge in [-0.1, -0.05) is 32.9 Å². The molecule has 0 aromatic heterocycles. The lowest BCUT2D eigenvalue weighted by molar-refractivity contribution is -0.154. The summed E-state index contributed by atoms with van der Waals surface area (Å²) in [7, 11) is -3.80. The molecule has 1 aliphatic rings. The van der Waals surface area contributed by atoms with Gasteiger partial charge in [-0.2, -0.15) is 16.1 Å². The quantitative estimate of drug-likeness (QED) is 0.483. The number of Topliss-reactive ketones (excluding diaryl/α,β-unsaturated/α-hetero) is 1.